The van der Waals surface area contributed by atoms with Crippen LogP contribution in [0.2, 0.25) is 0 Å². The summed E-state index contributed by atoms with van der Waals surface area (Å²) in [5.74, 6) is 0.585. The third-order valence-corrected chi connectivity index (χ3v) is 3.78. The van der Waals surface area contributed by atoms with E-state index in [1.165, 1.54) is 16.8 Å². The molecule has 0 saturated heterocycles. The fourth-order valence-corrected chi connectivity index (χ4v) is 2.83. The molecule has 0 amide bonds. The Hall–Kier alpha value is -1.28. The Morgan fingerprint density at radius 2 is 1.84 bits per heavy atom. The Morgan fingerprint density at radius 1 is 1.11 bits per heavy atom. The maximum Gasteiger partial charge on any atom is 0.0354 e. The van der Waals surface area contributed by atoms with E-state index in [9.17, 15) is 0 Å². The summed E-state index contributed by atoms with van der Waals surface area (Å²) in [7, 11) is 0. The van der Waals surface area contributed by atoms with Crippen LogP contribution in [-0.4, -0.2) is 6.54 Å². The minimum absolute atomic E-state index is 0.585. The summed E-state index contributed by atoms with van der Waals surface area (Å²) >= 11 is 3.53. The number of rotatable bonds is 5. The van der Waals surface area contributed by atoms with Crippen molar-refractivity contribution in [1.29, 1.82) is 0 Å². The smallest absolute Gasteiger partial charge is 0.0354 e. The van der Waals surface area contributed by atoms with E-state index >= 15 is 0 Å². The normalized spacial score (nSPS) is 12.2. The number of nitrogens with one attached hydrogen (secondary N) is 1. The summed E-state index contributed by atoms with van der Waals surface area (Å²) in [6.45, 7) is 5.39. The minimum atomic E-state index is 0.585. The molecule has 2 heteroatoms. The van der Waals surface area contributed by atoms with E-state index in [-0.39, 0.29) is 0 Å². The van der Waals surface area contributed by atoms with Crippen LogP contribution in [0.1, 0.15) is 30.4 Å². The summed E-state index contributed by atoms with van der Waals surface area (Å²) in [5, 5.41) is 3.50. The van der Waals surface area contributed by atoms with E-state index in [0.29, 0.717) is 5.92 Å². The highest BCUT2D eigenvalue weighted by Gasteiger charge is 2.04. The molecule has 1 unspecified atom stereocenters. The van der Waals surface area contributed by atoms with Gasteiger partial charge in [0, 0.05) is 16.7 Å². The van der Waals surface area contributed by atoms with Crippen LogP contribution in [0.25, 0.3) is 0 Å². The summed E-state index contributed by atoms with van der Waals surface area (Å²) in [6, 6.07) is 17.1. The second-order valence-electron chi connectivity index (χ2n) is 5.04. The standard InChI is InChI=1S/C17H20BrN/c1-13-10-16(18)12-17(11-13)19-9-8-14(2)15-6-4-3-5-7-15/h3-7,10-12,14,19H,8-9H2,1-2H3. The lowest BCUT2D eigenvalue weighted by atomic mass is 9.98. The number of anilines is 1. The van der Waals surface area contributed by atoms with Crippen molar-refractivity contribution in [1.82, 2.24) is 0 Å². The summed E-state index contributed by atoms with van der Waals surface area (Å²) in [5.41, 5.74) is 3.87. The Balaban J connectivity index is 1.86. The van der Waals surface area contributed by atoms with Crippen LogP contribution in [-0.2, 0) is 0 Å². The van der Waals surface area contributed by atoms with Gasteiger partial charge in [0.2, 0.25) is 0 Å². The van der Waals surface area contributed by atoms with Gasteiger partial charge in [-0.15, -0.1) is 0 Å². The molecular weight excluding hydrogens is 298 g/mol. The molecule has 1 nitrogen and oxygen atoms in total. The fraction of sp³-hybridized carbons (Fsp3) is 0.294. The molecule has 2 aromatic rings. The first-order chi connectivity index (χ1) is 9.15. The van der Waals surface area contributed by atoms with E-state index in [0.717, 1.165) is 17.4 Å². The van der Waals surface area contributed by atoms with Crippen molar-refractivity contribution in [3.8, 4) is 0 Å². The molecule has 0 bridgehead atoms. The molecule has 0 aliphatic heterocycles. The van der Waals surface area contributed by atoms with Crippen molar-refractivity contribution in [2.45, 2.75) is 26.2 Å². The molecule has 0 aliphatic carbocycles. The predicted octanol–water partition coefficient (Wildman–Crippen LogP) is 5.36. The lowest BCUT2D eigenvalue weighted by molar-refractivity contribution is 0.706. The van der Waals surface area contributed by atoms with Crippen molar-refractivity contribution in [2.24, 2.45) is 0 Å². The Labute approximate surface area is 124 Å². The van der Waals surface area contributed by atoms with Gasteiger partial charge in [0.05, 0.1) is 0 Å². The molecule has 2 aromatic carbocycles. The summed E-state index contributed by atoms with van der Waals surface area (Å²) < 4.78 is 1.13. The van der Waals surface area contributed by atoms with Gasteiger partial charge in [-0.2, -0.15) is 0 Å². The molecule has 0 fully saturated rings. The second-order valence-corrected chi connectivity index (χ2v) is 5.96. The number of halogens is 1. The maximum absolute atomic E-state index is 3.53. The van der Waals surface area contributed by atoms with Crippen molar-refractivity contribution >= 4 is 21.6 Å². The number of hydrogen-bond acceptors (Lipinski definition) is 1. The van der Waals surface area contributed by atoms with Crippen LogP contribution in [0.3, 0.4) is 0 Å². The third kappa shape index (κ3) is 4.39. The zero-order valence-electron chi connectivity index (χ0n) is 11.5. The van der Waals surface area contributed by atoms with E-state index in [2.05, 4.69) is 83.6 Å². The van der Waals surface area contributed by atoms with Crippen LogP contribution in [0.4, 0.5) is 5.69 Å². The van der Waals surface area contributed by atoms with E-state index in [1.807, 2.05) is 0 Å². The van der Waals surface area contributed by atoms with E-state index in [4.69, 9.17) is 0 Å². The predicted molar refractivity (Wildman–Crippen MR) is 86.8 cm³/mol. The lowest BCUT2D eigenvalue weighted by Gasteiger charge is -2.13. The Bertz CT molecular complexity index is 502. The highest BCUT2D eigenvalue weighted by molar-refractivity contribution is 9.10. The van der Waals surface area contributed by atoms with Crippen LogP contribution in [0, 0.1) is 6.92 Å². The van der Waals surface area contributed by atoms with Gasteiger partial charge in [-0.25, -0.2) is 0 Å². The van der Waals surface area contributed by atoms with Crippen LogP contribution in [0.5, 0.6) is 0 Å². The number of aryl methyl sites for hydroxylation is 1. The highest BCUT2D eigenvalue weighted by atomic mass is 79.9. The molecule has 0 spiro atoms. The zero-order valence-corrected chi connectivity index (χ0v) is 13.1. The highest BCUT2D eigenvalue weighted by Crippen LogP contribution is 2.21. The fourth-order valence-electron chi connectivity index (χ4n) is 2.22. The molecule has 0 heterocycles. The van der Waals surface area contributed by atoms with Crippen molar-refractivity contribution in [3.05, 3.63) is 64.1 Å². The van der Waals surface area contributed by atoms with Crippen molar-refractivity contribution in [2.75, 3.05) is 11.9 Å². The van der Waals surface area contributed by atoms with Crippen LogP contribution >= 0.6 is 15.9 Å². The molecule has 0 aromatic heterocycles. The van der Waals surface area contributed by atoms with Gasteiger partial charge in [0.1, 0.15) is 0 Å². The molecule has 0 saturated carbocycles. The van der Waals surface area contributed by atoms with Gasteiger partial charge in [0.15, 0.2) is 0 Å². The van der Waals surface area contributed by atoms with Gasteiger partial charge in [-0.3, -0.25) is 0 Å². The molecule has 1 N–H and O–H groups in total. The number of hydrogen-bond donors (Lipinski definition) is 1. The van der Waals surface area contributed by atoms with Crippen LogP contribution in [0.15, 0.2) is 53.0 Å². The second kappa shape index (κ2) is 6.76. The summed E-state index contributed by atoms with van der Waals surface area (Å²) in [4.78, 5) is 0. The monoisotopic (exact) mass is 317 g/mol. The Kier molecular flexibility index (Phi) is 5.03. The molecule has 19 heavy (non-hydrogen) atoms. The van der Waals surface area contributed by atoms with Gasteiger partial charge in [-0.05, 0) is 48.6 Å². The van der Waals surface area contributed by atoms with Crippen LogP contribution < -0.4 is 5.32 Å². The average Bonchev–Trinajstić information content (AvgIpc) is 2.38. The topological polar surface area (TPSA) is 12.0 Å². The SMILES string of the molecule is Cc1cc(Br)cc(NCCC(C)c2ccccc2)c1. The molecule has 1 atom stereocenters. The summed E-state index contributed by atoms with van der Waals surface area (Å²) in [6.07, 6.45) is 1.13. The van der Waals surface area contributed by atoms with E-state index < -0.39 is 0 Å². The Morgan fingerprint density at radius 3 is 2.53 bits per heavy atom. The first kappa shape index (κ1) is 14.1. The average molecular weight is 318 g/mol. The van der Waals surface area contributed by atoms with Crippen molar-refractivity contribution < 1.29 is 0 Å². The van der Waals surface area contributed by atoms with E-state index in [1.54, 1.807) is 0 Å². The minimum Gasteiger partial charge on any atom is -0.385 e. The lowest BCUT2D eigenvalue weighted by Crippen LogP contribution is -2.06. The quantitative estimate of drug-likeness (QED) is 0.782. The molecule has 0 radical (unpaired) electrons. The first-order valence-corrected chi connectivity index (χ1v) is 7.50. The first-order valence-electron chi connectivity index (χ1n) is 6.71. The zero-order chi connectivity index (χ0) is 13.7. The third-order valence-electron chi connectivity index (χ3n) is 3.32. The molecular formula is C17H20BrN. The molecule has 0 aliphatic rings. The largest absolute Gasteiger partial charge is 0.385 e. The van der Waals surface area contributed by atoms with Gasteiger partial charge in [0.25, 0.3) is 0 Å². The maximum atomic E-state index is 3.53. The van der Waals surface area contributed by atoms with Gasteiger partial charge < -0.3 is 5.32 Å². The van der Waals surface area contributed by atoms with Gasteiger partial charge >= 0.3 is 0 Å². The van der Waals surface area contributed by atoms with Crippen molar-refractivity contribution in [3.63, 3.8) is 0 Å². The van der Waals surface area contributed by atoms with Gasteiger partial charge in [-0.1, -0.05) is 53.2 Å². The number of benzene rings is 2. The molecule has 100 valence electrons. The molecule has 2 rings (SSSR count).